The Balaban J connectivity index is 1.16. The lowest BCUT2D eigenvalue weighted by Gasteiger charge is -2.18. The van der Waals surface area contributed by atoms with Gasteiger partial charge < -0.3 is 9.13 Å². The van der Waals surface area contributed by atoms with Crippen LogP contribution in [0.3, 0.4) is 0 Å². The van der Waals surface area contributed by atoms with E-state index in [1.807, 2.05) is 0 Å². The van der Waals surface area contributed by atoms with Crippen molar-refractivity contribution in [1.29, 1.82) is 0 Å². The Bertz CT molecular complexity index is 3040. The highest BCUT2D eigenvalue weighted by atomic mass is 15.0. The van der Waals surface area contributed by atoms with Crippen LogP contribution in [-0.4, -0.2) is 9.13 Å². The van der Waals surface area contributed by atoms with Gasteiger partial charge in [0.15, 0.2) is 0 Å². The number of hydrogen-bond donors (Lipinski definition) is 0. The molecule has 2 aromatic heterocycles. The molecule has 0 atom stereocenters. The topological polar surface area (TPSA) is 9.86 Å². The maximum Gasteiger partial charge on any atom is 0.0626 e. The lowest BCUT2D eigenvalue weighted by Crippen LogP contribution is -1.96. The molecular formula is C48H26N2. The molecule has 13 rings (SSSR count). The van der Waals surface area contributed by atoms with Crippen LogP contribution >= 0.6 is 0 Å². The molecule has 0 saturated carbocycles. The van der Waals surface area contributed by atoms with Gasteiger partial charge in [0.2, 0.25) is 0 Å². The predicted octanol–water partition coefficient (Wildman–Crippen LogP) is 12.9. The van der Waals surface area contributed by atoms with Gasteiger partial charge >= 0.3 is 0 Å². The maximum absolute atomic E-state index is 2.48. The van der Waals surface area contributed by atoms with E-state index in [1.165, 1.54) is 121 Å². The van der Waals surface area contributed by atoms with Crippen molar-refractivity contribution in [2.24, 2.45) is 0 Å². The van der Waals surface area contributed by atoms with Gasteiger partial charge in [-0.05, 0) is 79.8 Å². The quantitative estimate of drug-likeness (QED) is 0.133. The number of para-hydroxylation sites is 4. The number of aromatic nitrogens is 2. The van der Waals surface area contributed by atoms with Crippen LogP contribution in [0.25, 0.3) is 121 Å². The number of nitrogens with zero attached hydrogens (tertiary/aromatic N) is 2. The molecule has 11 aromatic rings. The van der Waals surface area contributed by atoms with Gasteiger partial charge in [0.1, 0.15) is 0 Å². The van der Waals surface area contributed by atoms with E-state index in [9.17, 15) is 0 Å². The molecule has 228 valence electrons. The molecule has 0 amide bonds. The number of hydrogen-bond acceptors (Lipinski definition) is 0. The van der Waals surface area contributed by atoms with Crippen LogP contribution in [0.4, 0.5) is 0 Å². The second-order valence-corrected chi connectivity index (χ2v) is 14.0. The molecule has 2 nitrogen and oxygen atoms in total. The number of fused-ring (bicyclic) bond motifs is 12. The minimum atomic E-state index is 1.20. The van der Waals surface area contributed by atoms with E-state index in [2.05, 4.69) is 167 Å². The molecule has 0 N–H and O–H groups in total. The molecule has 50 heavy (non-hydrogen) atoms. The fourth-order valence-corrected chi connectivity index (χ4v) is 9.93. The zero-order chi connectivity index (χ0) is 32.2. The van der Waals surface area contributed by atoms with Crippen LogP contribution < -0.4 is 0 Å². The molecule has 0 bridgehead atoms. The molecule has 2 aliphatic carbocycles. The zero-order valence-corrected chi connectivity index (χ0v) is 26.9. The van der Waals surface area contributed by atoms with Crippen molar-refractivity contribution < 1.29 is 0 Å². The van der Waals surface area contributed by atoms with Gasteiger partial charge in [0, 0.05) is 55.2 Å². The summed E-state index contributed by atoms with van der Waals surface area (Å²) in [6.07, 6.45) is 0. The molecule has 0 saturated heterocycles. The molecule has 2 heteroatoms. The van der Waals surface area contributed by atoms with E-state index in [1.54, 1.807) is 0 Å². The Kier molecular flexibility index (Phi) is 4.41. The Labute approximate surface area is 287 Å². The summed E-state index contributed by atoms with van der Waals surface area (Å²) in [4.78, 5) is 0. The van der Waals surface area contributed by atoms with Crippen molar-refractivity contribution in [3.05, 3.63) is 158 Å². The molecule has 2 aliphatic rings. The Morgan fingerprint density at radius 1 is 0.260 bits per heavy atom. The summed E-state index contributed by atoms with van der Waals surface area (Å²) in [6.45, 7) is 0. The first kappa shape index (κ1) is 25.4. The van der Waals surface area contributed by atoms with Crippen molar-refractivity contribution in [2.45, 2.75) is 0 Å². The summed E-state index contributed by atoms with van der Waals surface area (Å²) in [5.74, 6) is 0. The van der Waals surface area contributed by atoms with Crippen molar-refractivity contribution >= 4 is 64.9 Å². The highest BCUT2D eigenvalue weighted by Gasteiger charge is 2.34. The van der Waals surface area contributed by atoms with Crippen LogP contribution in [0.5, 0.6) is 0 Å². The third-order valence-electron chi connectivity index (χ3n) is 11.7. The molecule has 0 unspecified atom stereocenters. The molecule has 0 radical (unpaired) electrons. The number of benzene rings is 9. The Morgan fingerprint density at radius 2 is 0.620 bits per heavy atom. The Morgan fingerprint density at radius 3 is 1.04 bits per heavy atom. The van der Waals surface area contributed by atoms with E-state index in [4.69, 9.17) is 0 Å². The Hall–Kier alpha value is -6.64. The van der Waals surface area contributed by atoms with Gasteiger partial charge in [-0.15, -0.1) is 0 Å². The van der Waals surface area contributed by atoms with Gasteiger partial charge in [-0.3, -0.25) is 0 Å². The second kappa shape index (κ2) is 8.68. The summed E-state index contributed by atoms with van der Waals surface area (Å²) in [5.41, 5.74) is 15.5. The normalized spacial score (nSPS) is 12.8. The van der Waals surface area contributed by atoms with Gasteiger partial charge in [-0.1, -0.05) is 121 Å². The fourth-order valence-electron chi connectivity index (χ4n) is 9.93. The smallest absolute Gasteiger partial charge is 0.0626 e. The first-order valence-electron chi connectivity index (χ1n) is 17.5. The molecule has 0 spiro atoms. The number of rotatable bonds is 2. The van der Waals surface area contributed by atoms with E-state index < -0.39 is 0 Å². The first-order chi connectivity index (χ1) is 24.9. The molecule has 2 heterocycles. The van der Waals surface area contributed by atoms with Crippen molar-refractivity contribution in [3.8, 4) is 56.1 Å². The van der Waals surface area contributed by atoms with Crippen molar-refractivity contribution in [2.75, 3.05) is 0 Å². The van der Waals surface area contributed by atoms with Crippen molar-refractivity contribution in [3.63, 3.8) is 0 Å². The average molecular weight is 631 g/mol. The van der Waals surface area contributed by atoms with Gasteiger partial charge in [0.25, 0.3) is 0 Å². The SMILES string of the molecule is c1ccc(-n2c3c(c4ccccc42)-c2ccc4c5ccc6c7c(ccc(c8ccc-3c2c48)c75)-c2c-6c3ccccc3n2-c2ccccc2)cc1. The van der Waals surface area contributed by atoms with Gasteiger partial charge in [-0.25, -0.2) is 0 Å². The fraction of sp³-hybridized carbons (Fsp3) is 0. The third-order valence-corrected chi connectivity index (χ3v) is 11.7. The van der Waals surface area contributed by atoms with E-state index in [0.717, 1.165) is 0 Å². The standard InChI is InChI=1S/C48H26N2/c1-3-11-27(12-4-1)49-39-17-9-7-15-33(39)45-35-23-19-29-30-20-24-36-44-38(26-22-32(42(30)44)31-21-25-37(47(45)49)43(35)41(29)31)48-46(36)34-16-8-10-18-40(34)50(48)28-13-5-2-6-14-28/h1-26H. The van der Waals surface area contributed by atoms with Crippen molar-refractivity contribution in [1.82, 2.24) is 9.13 Å². The van der Waals surface area contributed by atoms with Crippen LogP contribution in [0.1, 0.15) is 0 Å². The summed E-state index contributed by atoms with van der Waals surface area (Å²) in [5, 5.41) is 13.5. The summed E-state index contributed by atoms with van der Waals surface area (Å²) >= 11 is 0. The highest BCUT2D eigenvalue weighted by molar-refractivity contribution is 6.41. The molecule has 0 fully saturated rings. The lowest BCUT2D eigenvalue weighted by molar-refractivity contribution is 1.14. The van der Waals surface area contributed by atoms with E-state index in [-0.39, 0.29) is 0 Å². The van der Waals surface area contributed by atoms with Crippen LogP contribution in [0.15, 0.2) is 158 Å². The molecule has 0 aliphatic heterocycles. The van der Waals surface area contributed by atoms with E-state index in [0.29, 0.717) is 0 Å². The largest absolute Gasteiger partial charge is 0.309 e. The zero-order valence-electron chi connectivity index (χ0n) is 26.9. The minimum Gasteiger partial charge on any atom is -0.309 e. The summed E-state index contributed by atoms with van der Waals surface area (Å²) in [6, 6.07) is 58.7. The minimum absolute atomic E-state index is 1.20. The van der Waals surface area contributed by atoms with E-state index >= 15 is 0 Å². The van der Waals surface area contributed by atoms with Crippen LogP contribution in [-0.2, 0) is 0 Å². The summed E-state index contributed by atoms with van der Waals surface area (Å²) in [7, 11) is 0. The molecule has 9 aromatic carbocycles. The van der Waals surface area contributed by atoms with Gasteiger partial charge in [0.05, 0.1) is 22.4 Å². The van der Waals surface area contributed by atoms with Crippen LogP contribution in [0, 0.1) is 0 Å². The molecular weight excluding hydrogens is 605 g/mol. The van der Waals surface area contributed by atoms with Gasteiger partial charge in [-0.2, -0.15) is 0 Å². The average Bonchev–Trinajstić information content (AvgIpc) is 3.90. The summed E-state index contributed by atoms with van der Waals surface area (Å²) < 4.78 is 4.95. The second-order valence-electron chi connectivity index (χ2n) is 14.0. The lowest BCUT2D eigenvalue weighted by atomic mass is 9.86. The first-order valence-corrected chi connectivity index (χ1v) is 17.5. The van der Waals surface area contributed by atoms with Crippen LogP contribution in [0.2, 0.25) is 0 Å². The monoisotopic (exact) mass is 630 g/mol. The third kappa shape index (κ3) is 2.79. The maximum atomic E-state index is 2.48. The predicted molar refractivity (Wildman–Crippen MR) is 210 cm³/mol. The highest BCUT2D eigenvalue weighted by Crippen LogP contribution is 2.59.